The maximum absolute atomic E-state index is 13.1. The van der Waals surface area contributed by atoms with Crippen LogP contribution in [-0.4, -0.2) is 11.7 Å². The highest BCUT2D eigenvalue weighted by Gasteiger charge is 2.26. The molecule has 31 heavy (non-hydrogen) atoms. The molecule has 1 heterocycles. The molecule has 3 rings (SSSR count). The Hall–Kier alpha value is -2.43. The van der Waals surface area contributed by atoms with E-state index in [2.05, 4.69) is 58.8 Å². The lowest BCUT2D eigenvalue weighted by molar-refractivity contribution is -0.140. The predicted octanol–water partition coefficient (Wildman–Crippen LogP) is 6.24. The number of fused-ring (bicyclic) bond motifs is 1. The van der Waals surface area contributed by atoms with Crippen LogP contribution in [0.2, 0.25) is 0 Å². The minimum absolute atomic E-state index is 0.0526. The molecule has 0 unspecified atom stereocenters. The van der Waals surface area contributed by atoms with Gasteiger partial charge < -0.3 is 9.25 Å². The lowest BCUT2D eigenvalue weighted by atomic mass is 9.79. The van der Waals surface area contributed by atoms with Gasteiger partial charge in [0.15, 0.2) is 0 Å². The monoisotopic (exact) mass is 425 g/mol. The average molecular weight is 426 g/mol. The summed E-state index contributed by atoms with van der Waals surface area (Å²) in [5, 5.41) is 4.94. The molecule has 5 nitrogen and oxygen atoms in total. The van der Waals surface area contributed by atoms with E-state index < -0.39 is 11.6 Å². The van der Waals surface area contributed by atoms with Gasteiger partial charge >= 0.3 is 11.6 Å². The van der Waals surface area contributed by atoms with Gasteiger partial charge in [0.2, 0.25) is 0 Å². The molecule has 5 heteroatoms. The first-order chi connectivity index (χ1) is 14.4. The molecular formula is C26H35NO4. The van der Waals surface area contributed by atoms with Crippen LogP contribution < -0.4 is 5.63 Å². The van der Waals surface area contributed by atoms with Gasteiger partial charge in [0.05, 0.1) is 11.3 Å². The van der Waals surface area contributed by atoms with Crippen LogP contribution in [0.25, 0.3) is 11.0 Å². The average Bonchev–Trinajstić information content (AvgIpc) is 3.15. The molecule has 168 valence electrons. The van der Waals surface area contributed by atoms with Crippen LogP contribution >= 0.6 is 0 Å². The van der Waals surface area contributed by atoms with Gasteiger partial charge in [-0.1, -0.05) is 78.4 Å². The number of carbonyl (C=O) groups excluding carboxylic acids is 1. The van der Waals surface area contributed by atoms with E-state index in [0.29, 0.717) is 29.2 Å². The van der Waals surface area contributed by atoms with E-state index in [4.69, 9.17) is 9.25 Å². The largest absolute Gasteiger partial charge is 0.422 e. The highest BCUT2D eigenvalue weighted by Crippen LogP contribution is 2.35. The SMILES string of the molecule is CC(=O)O/N=C(\CC1CCCC1)c1cc2cc(C(C)(C)C)cc(C(C)(C)C)c2oc1=O. The van der Waals surface area contributed by atoms with E-state index in [-0.39, 0.29) is 10.8 Å². The molecule has 1 aliphatic rings. The Bertz CT molecular complexity index is 1060. The molecule has 2 aromatic rings. The van der Waals surface area contributed by atoms with Crippen molar-refractivity contribution < 1.29 is 14.0 Å². The number of rotatable bonds is 4. The first-order valence-corrected chi connectivity index (χ1v) is 11.2. The van der Waals surface area contributed by atoms with Crippen molar-refractivity contribution in [3.05, 3.63) is 45.3 Å². The van der Waals surface area contributed by atoms with Crippen LogP contribution in [0.4, 0.5) is 0 Å². The summed E-state index contributed by atoms with van der Waals surface area (Å²) in [6.45, 7) is 14.2. The second-order valence-electron chi connectivity index (χ2n) is 10.9. The molecule has 0 N–H and O–H groups in total. The standard InChI is InChI=1S/C26H35NO4/c1-16(28)31-27-22(12-17-10-8-9-11-17)20-14-18-13-19(25(2,3)4)15-21(26(5,6)7)23(18)30-24(20)29/h13-15,17H,8-12H2,1-7H3/b27-22+. The third-order valence-electron chi connectivity index (χ3n) is 6.06. The lowest BCUT2D eigenvalue weighted by Crippen LogP contribution is -2.21. The van der Waals surface area contributed by atoms with Gasteiger partial charge in [0.1, 0.15) is 5.58 Å². The Morgan fingerprint density at radius 1 is 1.06 bits per heavy atom. The van der Waals surface area contributed by atoms with Crippen molar-refractivity contribution in [3.8, 4) is 0 Å². The maximum Gasteiger partial charge on any atom is 0.345 e. The summed E-state index contributed by atoms with van der Waals surface area (Å²) in [5.41, 5.74) is 3.00. The second-order valence-corrected chi connectivity index (χ2v) is 10.9. The van der Waals surface area contributed by atoms with Crippen molar-refractivity contribution in [2.24, 2.45) is 11.1 Å². The number of hydrogen-bond acceptors (Lipinski definition) is 5. The van der Waals surface area contributed by atoms with E-state index in [1.165, 1.54) is 25.3 Å². The van der Waals surface area contributed by atoms with Crippen LogP contribution in [0.1, 0.15) is 97.3 Å². The third kappa shape index (κ3) is 5.44. The second kappa shape index (κ2) is 8.60. The number of benzene rings is 1. The van der Waals surface area contributed by atoms with Crippen molar-refractivity contribution in [2.75, 3.05) is 0 Å². The number of nitrogens with zero attached hydrogens (tertiary/aromatic N) is 1. The zero-order chi connectivity index (χ0) is 23.0. The summed E-state index contributed by atoms with van der Waals surface area (Å²) in [6, 6.07) is 6.11. The number of hydrogen-bond donors (Lipinski definition) is 0. The Kier molecular flexibility index (Phi) is 6.45. The van der Waals surface area contributed by atoms with Crippen molar-refractivity contribution >= 4 is 22.7 Å². The van der Waals surface area contributed by atoms with Crippen LogP contribution in [0.3, 0.4) is 0 Å². The summed E-state index contributed by atoms with van der Waals surface area (Å²) < 4.78 is 5.89. The molecule has 1 fully saturated rings. The van der Waals surface area contributed by atoms with Crippen molar-refractivity contribution in [1.82, 2.24) is 0 Å². The van der Waals surface area contributed by atoms with Crippen LogP contribution in [0.5, 0.6) is 0 Å². The Morgan fingerprint density at radius 2 is 1.71 bits per heavy atom. The van der Waals surface area contributed by atoms with Crippen molar-refractivity contribution in [3.63, 3.8) is 0 Å². The minimum atomic E-state index is -0.501. The lowest BCUT2D eigenvalue weighted by Gasteiger charge is -2.26. The van der Waals surface area contributed by atoms with E-state index in [9.17, 15) is 9.59 Å². The van der Waals surface area contributed by atoms with E-state index in [1.807, 2.05) is 6.07 Å². The molecule has 1 aromatic heterocycles. The van der Waals surface area contributed by atoms with Crippen LogP contribution in [0.15, 0.2) is 32.6 Å². The summed E-state index contributed by atoms with van der Waals surface area (Å²) in [7, 11) is 0. The topological polar surface area (TPSA) is 68.9 Å². The molecule has 0 aliphatic heterocycles. The van der Waals surface area contributed by atoms with Crippen molar-refractivity contribution in [1.29, 1.82) is 0 Å². The fourth-order valence-electron chi connectivity index (χ4n) is 4.23. The molecule has 1 aromatic carbocycles. The molecule has 0 spiro atoms. The summed E-state index contributed by atoms with van der Waals surface area (Å²) in [4.78, 5) is 29.4. The van der Waals surface area contributed by atoms with E-state index >= 15 is 0 Å². The molecule has 0 amide bonds. The molecule has 0 saturated heterocycles. The Morgan fingerprint density at radius 3 is 2.26 bits per heavy atom. The number of carbonyl (C=O) groups is 1. The normalized spacial score (nSPS) is 16.2. The van der Waals surface area contributed by atoms with E-state index in [1.54, 1.807) is 0 Å². The zero-order valence-electron chi connectivity index (χ0n) is 19.9. The Balaban J connectivity index is 2.21. The van der Waals surface area contributed by atoms with Gasteiger partial charge in [-0.3, -0.25) is 0 Å². The van der Waals surface area contributed by atoms with Gasteiger partial charge in [0, 0.05) is 17.9 Å². The van der Waals surface area contributed by atoms with E-state index in [0.717, 1.165) is 23.8 Å². The van der Waals surface area contributed by atoms with Crippen LogP contribution in [0, 0.1) is 5.92 Å². The maximum atomic E-state index is 13.1. The highest BCUT2D eigenvalue weighted by molar-refractivity contribution is 6.02. The fraction of sp³-hybridized carbons (Fsp3) is 0.577. The summed E-state index contributed by atoms with van der Waals surface area (Å²) in [5.74, 6) is -0.0606. The minimum Gasteiger partial charge on any atom is -0.422 e. The van der Waals surface area contributed by atoms with Gasteiger partial charge in [-0.2, -0.15) is 0 Å². The molecule has 0 radical (unpaired) electrons. The van der Waals surface area contributed by atoms with Gasteiger partial charge in [-0.05, 0) is 40.9 Å². The molecule has 1 aliphatic carbocycles. The summed E-state index contributed by atoms with van der Waals surface area (Å²) in [6.07, 6.45) is 5.17. The molecule has 1 saturated carbocycles. The first-order valence-electron chi connectivity index (χ1n) is 11.2. The molecular weight excluding hydrogens is 390 g/mol. The third-order valence-corrected chi connectivity index (χ3v) is 6.06. The van der Waals surface area contributed by atoms with Crippen LogP contribution in [-0.2, 0) is 20.5 Å². The molecule has 0 bridgehead atoms. The van der Waals surface area contributed by atoms with Crippen molar-refractivity contribution in [2.45, 2.75) is 91.4 Å². The smallest absolute Gasteiger partial charge is 0.345 e. The highest BCUT2D eigenvalue weighted by atomic mass is 16.7. The zero-order valence-corrected chi connectivity index (χ0v) is 19.9. The fourth-order valence-corrected chi connectivity index (χ4v) is 4.23. The Labute approximate surface area is 184 Å². The van der Waals surface area contributed by atoms with Gasteiger partial charge in [-0.25, -0.2) is 9.59 Å². The molecule has 0 atom stereocenters. The first kappa shape index (κ1) is 23.2. The predicted molar refractivity (Wildman–Crippen MR) is 125 cm³/mol. The van der Waals surface area contributed by atoms with Gasteiger partial charge in [0.25, 0.3) is 0 Å². The number of oxime groups is 1. The summed E-state index contributed by atoms with van der Waals surface area (Å²) >= 11 is 0. The van der Waals surface area contributed by atoms with Gasteiger partial charge in [-0.15, -0.1) is 0 Å². The quantitative estimate of drug-likeness (QED) is 0.252.